The summed E-state index contributed by atoms with van der Waals surface area (Å²) < 4.78 is 33.9. The van der Waals surface area contributed by atoms with Crippen LogP contribution in [-0.4, -0.2) is 43.1 Å². The summed E-state index contributed by atoms with van der Waals surface area (Å²) in [5, 5.41) is 0. The molecule has 2 rings (SSSR count). The van der Waals surface area contributed by atoms with Crippen LogP contribution in [0.1, 0.15) is 19.0 Å². The second-order valence-corrected chi connectivity index (χ2v) is 6.68. The minimum absolute atomic E-state index is 0.0128. The third kappa shape index (κ3) is 2.84. The van der Waals surface area contributed by atoms with Gasteiger partial charge in [-0.3, -0.25) is 0 Å². The fraction of sp³-hybridized carbons (Fsp3) is 0.667. The van der Waals surface area contributed by atoms with Gasteiger partial charge in [0.05, 0.1) is 12.7 Å². The number of nitrogens with two attached hydrogens (primary N) is 1. The Kier molecular flexibility index (Phi) is 4.29. The molecule has 0 aromatic carbocycles. The van der Waals surface area contributed by atoms with Gasteiger partial charge in [0.25, 0.3) is 0 Å². The van der Waals surface area contributed by atoms with Crippen LogP contribution in [0.3, 0.4) is 0 Å². The number of nitrogens with zero attached hydrogens (tertiary/aromatic N) is 2. The number of aryl methyl sites for hydroxylation is 1. The fourth-order valence-electron chi connectivity index (χ4n) is 2.23. The number of morpholine rings is 1. The van der Waals surface area contributed by atoms with E-state index in [1.54, 1.807) is 23.9 Å². The molecule has 6 nitrogen and oxygen atoms in total. The van der Waals surface area contributed by atoms with Crippen LogP contribution in [0.4, 0.5) is 0 Å². The van der Waals surface area contributed by atoms with Gasteiger partial charge in [-0.05, 0) is 12.5 Å². The lowest BCUT2D eigenvalue weighted by Gasteiger charge is -2.31. The summed E-state index contributed by atoms with van der Waals surface area (Å²) in [6, 6.07) is 1.64. The van der Waals surface area contributed by atoms with Crippen LogP contribution < -0.4 is 5.73 Å². The molecule has 1 aromatic heterocycles. The molecule has 1 aliphatic rings. The van der Waals surface area contributed by atoms with E-state index in [-0.39, 0.29) is 6.10 Å². The quantitative estimate of drug-likeness (QED) is 0.863. The molecule has 0 bridgehead atoms. The van der Waals surface area contributed by atoms with Crippen molar-refractivity contribution in [3.63, 3.8) is 0 Å². The highest BCUT2D eigenvalue weighted by atomic mass is 32.2. The predicted octanol–water partition coefficient (Wildman–Crippen LogP) is 0.283. The van der Waals surface area contributed by atoms with Crippen molar-refractivity contribution in [1.29, 1.82) is 0 Å². The van der Waals surface area contributed by atoms with E-state index in [1.807, 2.05) is 6.92 Å². The Balaban J connectivity index is 2.25. The molecule has 2 N–H and O–H groups in total. The van der Waals surface area contributed by atoms with E-state index >= 15 is 0 Å². The Labute approximate surface area is 114 Å². The maximum Gasteiger partial charge on any atom is 0.244 e. The summed E-state index contributed by atoms with van der Waals surface area (Å²) in [6.07, 6.45) is 2.42. The van der Waals surface area contributed by atoms with Crippen molar-refractivity contribution in [3.8, 4) is 0 Å². The van der Waals surface area contributed by atoms with E-state index in [2.05, 4.69) is 0 Å². The van der Waals surface area contributed by atoms with Gasteiger partial charge >= 0.3 is 0 Å². The lowest BCUT2D eigenvalue weighted by Crippen LogP contribution is -2.45. The van der Waals surface area contributed by atoms with E-state index in [0.717, 1.165) is 12.1 Å². The summed E-state index contributed by atoms with van der Waals surface area (Å²) in [5.41, 5.74) is 6.38. The molecule has 19 heavy (non-hydrogen) atoms. The van der Waals surface area contributed by atoms with E-state index in [1.165, 1.54) is 4.31 Å². The van der Waals surface area contributed by atoms with Crippen molar-refractivity contribution in [2.24, 2.45) is 12.8 Å². The number of rotatable bonds is 4. The molecule has 1 saturated heterocycles. The summed E-state index contributed by atoms with van der Waals surface area (Å²) in [5.74, 6) is 0. The van der Waals surface area contributed by atoms with Crippen molar-refractivity contribution < 1.29 is 13.2 Å². The predicted molar refractivity (Wildman–Crippen MR) is 72.1 cm³/mol. The third-order valence-electron chi connectivity index (χ3n) is 3.49. The third-order valence-corrected chi connectivity index (χ3v) is 5.32. The zero-order valence-electron chi connectivity index (χ0n) is 11.4. The molecular formula is C12H21N3O3S. The van der Waals surface area contributed by atoms with Gasteiger partial charge in [-0.2, -0.15) is 4.31 Å². The smallest absolute Gasteiger partial charge is 0.244 e. The number of sulfonamides is 1. The topological polar surface area (TPSA) is 77.6 Å². The Morgan fingerprint density at radius 2 is 2.26 bits per heavy atom. The molecule has 0 radical (unpaired) electrons. The Morgan fingerprint density at radius 3 is 2.84 bits per heavy atom. The van der Waals surface area contributed by atoms with Crippen LogP contribution in [0.15, 0.2) is 17.2 Å². The van der Waals surface area contributed by atoms with Crippen molar-refractivity contribution in [3.05, 3.63) is 18.0 Å². The lowest BCUT2D eigenvalue weighted by atomic mass is 10.2. The average molecular weight is 287 g/mol. The lowest BCUT2D eigenvalue weighted by molar-refractivity contribution is -0.00277. The number of hydrogen-bond acceptors (Lipinski definition) is 4. The van der Waals surface area contributed by atoms with Crippen LogP contribution >= 0.6 is 0 Å². The Morgan fingerprint density at radius 1 is 1.53 bits per heavy atom. The SMILES string of the molecule is CCC1CN(S(=O)(=O)c2cc(CN)n(C)c2)CCO1. The van der Waals surface area contributed by atoms with Gasteiger partial charge in [0.15, 0.2) is 0 Å². The average Bonchev–Trinajstić information content (AvgIpc) is 2.80. The Bertz CT molecular complexity index is 538. The molecule has 0 saturated carbocycles. The summed E-state index contributed by atoms with van der Waals surface area (Å²) >= 11 is 0. The first-order valence-electron chi connectivity index (χ1n) is 6.46. The molecule has 108 valence electrons. The molecule has 1 fully saturated rings. The second kappa shape index (κ2) is 5.62. The highest BCUT2D eigenvalue weighted by molar-refractivity contribution is 7.89. The molecule has 0 amide bonds. The second-order valence-electron chi connectivity index (χ2n) is 4.75. The number of ether oxygens (including phenoxy) is 1. The molecule has 2 heterocycles. The van der Waals surface area contributed by atoms with Crippen molar-refractivity contribution in [2.75, 3.05) is 19.7 Å². The van der Waals surface area contributed by atoms with Crippen LogP contribution in [0, 0.1) is 0 Å². The summed E-state index contributed by atoms with van der Waals surface area (Å²) in [4.78, 5) is 0.312. The molecule has 7 heteroatoms. The van der Waals surface area contributed by atoms with Crippen LogP contribution in [0.25, 0.3) is 0 Å². The highest BCUT2D eigenvalue weighted by Crippen LogP contribution is 2.21. The zero-order chi connectivity index (χ0) is 14.0. The van der Waals surface area contributed by atoms with Crippen molar-refractivity contribution >= 4 is 10.0 Å². The Hall–Kier alpha value is -0.890. The van der Waals surface area contributed by atoms with Gasteiger partial charge in [-0.15, -0.1) is 0 Å². The van der Waals surface area contributed by atoms with Gasteiger partial charge in [0.2, 0.25) is 10.0 Å². The summed E-state index contributed by atoms with van der Waals surface area (Å²) in [7, 11) is -1.64. The van der Waals surface area contributed by atoms with Gasteiger partial charge < -0.3 is 15.0 Å². The van der Waals surface area contributed by atoms with E-state index in [4.69, 9.17) is 10.5 Å². The van der Waals surface area contributed by atoms with E-state index in [9.17, 15) is 8.42 Å². The first-order chi connectivity index (χ1) is 8.98. The maximum absolute atomic E-state index is 12.5. The van der Waals surface area contributed by atoms with E-state index < -0.39 is 10.0 Å². The van der Waals surface area contributed by atoms with Gasteiger partial charge in [-0.25, -0.2) is 8.42 Å². The van der Waals surface area contributed by atoms with Crippen molar-refractivity contribution in [2.45, 2.75) is 30.9 Å². The monoisotopic (exact) mass is 287 g/mol. The normalized spacial score (nSPS) is 21.7. The van der Waals surface area contributed by atoms with Gasteiger partial charge in [0.1, 0.15) is 4.90 Å². The van der Waals surface area contributed by atoms with Gasteiger partial charge in [0, 0.05) is 38.6 Å². The molecule has 1 aliphatic heterocycles. The highest BCUT2D eigenvalue weighted by Gasteiger charge is 2.31. The van der Waals surface area contributed by atoms with Crippen LogP contribution in [0.5, 0.6) is 0 Å². The minimum atomic E-state index is -3.44. The largest absolute Gasteiger partial charge is 0.375 e. The molecule has 0 aliphatic carbocycles. The fourth-order valence-corrected chi connectivity index (χ4v) is 3.78. The van der Waals surface area contributed by atoms with Gasteiger partial charge in [-0.1, -0.05) is 6.92 Å². The van der Waals surface area contributed by atoms with E-state index in [0.29, 0.717) is 31.1 Å². The van der Waals surface area contributed by atoms with Crippen LogP contribution in [-0.2, 0) is 28.4 Å². The molecule has 1 aromatic rings. The van der Waals surface area contributed by atoms with Crippen LogP contribution in [0.2, 0.25) is 0 Å². The zero-order valence-corrected chi connectivity index (χ0v) is 12.2. The molecule has 0 spiro atoms. The molecule has 1 unspecified atom stereocenters. The number of aromatic nitrogens is 1. The number of hydrogen-bond donors (Lipinski definition) is 1. The standard InChI is InChI=1S/C12H21N3O3S/c1-3-11-8-15(4-5-18-11)19(16,17)12-6-10(7-13)14(2)9-12/h6,9,11H,3-5,7-8,13H2,1-2H3. The maximum atomic E-state index is 12.5. The first-order valence-corrected chi connectivity index (χ1v) is 7.90. The van der Waals surface area contributed by atoms with Crippen molar-refractivity contribution in [1.82, 2.24) is 8.87 Å². The molecular weight excluding hydrogens is 266 g/mol. The molecule has 1 atom stereocenters. The summed E-state index contributed by atoms with van der Waals surface area (Å²) in [6.45, 7) is 3.61. The first kappa shape index (κ1) is 14.5. The minimum Gasteiger partial charge on any atom is -0.375 e.